The summed E-state index contributed by atoms with van der Waals surface area (Å²) in [5.74, 6) is 0.898. The fourth-order valence-corrected chi connectivity index (χ4v) is 0.944. The highest BCUT2D eigenvalue weighted by Gasteiger charge is 2.13. The summed E-state index contributed by atoms with van der Waals surface area (Å²) in [5.41, 5.74) is 0. The largest absolute Gasteiger partial charge is 0.338 e. The van der Waals surface area contributed by atoms with Crippen LogP contribution in [0.4, 0.5) is 0 Å². The van der Waals surface area contributed by atoms with Gasteiger partial charge in [-0.25, -0.2) is 0 Å². The minimum absolute atomic E-state index is 0.0531. The average molecular weight is 222 g/mol. The Morgan fingerprint density at radius 1 is 1.55 bits per heavy atom. The second-order valence-corrected chi connectivity index (χ2v) is 3.64. The first-order chi connectivity index (χ1) is 5.00. The van der Waals surface area contributed by atoms with E-state index in [1.165, 1.54) is 0 Å². The standard InChI is InChI=1S/C7H16BrN3/c1-5(2)6(9)11(4)7(8)10-3/h5,7,9-10H,1-4H3. The van der Waals surface area contributed by atoms with Gasteiger partial charge in [0.25, 0.3) is 0 Å². The van der Waals surface area contributed by atoms with Gasteiger partial charge >= 0.3 is 0 Å². The van der Waals surface area contributed by atoms with Gasteiger partial charge in [-0.1, -0.05) is 13.8 Å². The first kappa shape index (κ1) is 10.9. The molecule has 1 atom stereocenters. The van der Waals surface area contributed by atoms with E-state index in [1.54, 1.807) is 0 Å². The molecule has 0 aliphatic carbocycles. The van der Waals surface area contributed by atoms with Gasteiger partial charge in [-0.3, -0.25) is 10.7 Å². The lowest BCUT2D eigenvalue weighted by atomic mass is 10.2. The Balaban J connectivity index is 4.02. The Hall–Kier alpha value is -0.0900. The molecule has 0 aromatic carbocycles. The van der Waals surface area contributed by atoms with E-state index >= 15 is 0 Å². The first-order valence-electron chi connectivity index (χ1n) is 3.63. The third-order valence-electron chi connectivity index (χ3n) is 1.51. The van der Waals surface area contributed by atoms with E-state index < -0.39 is 0 Å². The molecule has 0 aromatic heterocycles. The molecule has 0 saturated heterocycles. The van der Waals surface area contributed by atoms with Gasteiger partial charge in [0.2, 0.25) is 0 Å². The molecule has 0 fully saturated rings. The van der Waals surface area contributed by atoms with Crippen molar-refractivity contribution in [2.75, 3.05) is 14.1 Å². The van der Waals surface area contributed by atoms with Crippen LogP contribution in [0.3, 0.4) is 0 Å². The molecule has 2 N–H and O–H groups in total. The van der Waals surface area contributed by atoms with Crippen LogP contribution in [0.25, 0.3) is 0 Å². The predicted molar refractivity (Wildman–Crippen MR) is 52.1 cm³/mol. The third-order valence-corrected chi connectivity index (χ3v) is 2.58. The zero-order chi connectivity index (χ0) is 9.02. The van der Waals surface area contributed by atoms with Gasteiger partial charge in [-0.15, -0.1) is 0 Å². The van der Waals surface area contributed by atoms with E-state index in [2.05, 4.69) is 21.2 Å². The molecule has 4 heteroatoms. The molecule has 0 amide bonds. The molecule has 0 bridgehead atoms. The zero-order valence-electron chi connectivity index (χ0n) is 7.48. The predicted octanol–water partition coefficient (Wildman–Crippen LogP) is 1.45. The Morgan fingerprint density at radius 3 is 2.27 bits per heavy atom. The van der Waals surface area contributed by atoms with Gasteiger partial charge in [-0.05, 0) is 23.0 Å². The van der Waals surface area contributed by atoms with Gasteiger partial charge in [0.05, 0.1) is 5.84 Å². The van der Waals surface area contributed by atoms with Crippen LogP contribution in [0.2, 0.25) is 0 Å². The van der Waals surface area contributed by atoms with E-state index in [0.29, 0.717) is 5.84 Å². The lowest BCUT2D eigenvalue weighted by Crippen LogP contribution is -2.42. The van der Waals surface area contributed by atoms with Crippen molar-refractivity contribution in [2.45, 2.75) is 18.9 Å². The number of alkyl halides is 1. The Labute approximate surface area is 76.8 Å². The van der Waals surface area contributed by atoms with Crippen molar-refractivity contribution in [1.29, 1.82) is 5.41 Å². The number of hydrogen-bond acceptors (Lipinski definition) is 2. The molecule has 0 radical (unpaired) electrons. The van der Waals surface area contributed by atoms with Crippen molar-refractivity contribution in [3.8, 4) is 0 Å². The molecule has 0 aliphatic rings. The van der Waals surface area contributed by atoms with Gasteiger partial charge in [0.15, 0.2) is 0 Å². The van der Waals surface area contributed by atoms with Crippen LogP contribution in [0.5, 0.6) is 0 Å². The van der Waals surface area contributed by atoms with E-state index in [1.807, 2.05) is 32.8 Å². The Kier molecular flexibility index (Phi) is 4.68. The molecular formula is C7H16BrN3. The summed E-state index contributed by atoms with van der Waals surface area (Å²) in [4.78, 5) is 1.85. The Morgan fingerprint density at radius 2 is 2.00 bits per heavy atom. The van der Waals surface area contributed by atoms with Crippen molar-refractivity contribution < 1.29 is 0 Å². The molecule has 0 rings (SSSR count). The maximum Gasteiger partial charge on any atom is 0.137 e. The highest BCUT2D eigenvalue weighted by molar-refractivity contribution is 9.09. The van der Waals surface area contributed by atoms with Crippen molar-refractivity contribution >= 4 is 21.8 Å². The van der Waals surface area contributed by atoms with Crippen LogP contribution in [0.1, 0.15) is 13.8 Å². The third kappa shape index (κ3) is 3.20. The van der Waals surface area contributed by atoms with E-state index in [0.717, 1.165) is 0 Å². The Bertz CT molecular complexity index is 136. The van der Waals surface area contributed by atoms with Crippen LogP contribution in [0.15, 0.2) is 0 Å². The summed E-state index contributed by atoms with van der Waals surface area (Å²) in [6.45, 7) is 4.02. The molecule has 1 unspecified atom stereocenters. The van der Waals surface area contributed by atoms with Crippen LogP contribution in [-0.4, -0.2) is 29.9 Å². The van der Waals surface area contributed by atoms with E-state index in [9.17, 15) is 0 Å². The van der Waals surface area contributed by atoms with E-state index in [4.69, 9.17) is 5.41 Å². The number of halogens is 1. The molecule has 0 aliphatic heterocycles. The van der Waals surface area contributed by atoms with Crippen molar-refractivity contribution in [2.24, 2.45) is 5.92 Å². The number of nitrogens with one attached hydrogen (secondary N) is 2. The summed E-state index contributed by atoms with van der Waals surface area (Å²) in [7, 11) is 3.74. The van der Waals surface area contributed by atoms with Gasteiger partial charge in [0, 0.05) is 13.0 Å². The topological polar surface area (TPSA) is 39.1 Å². The molecule has 0 heterocycles. The van der Waals surface area contributed by atoms with Crippen LogP contribution < -0.4 is 5.32 Å². The molecule has 3 nitrogen and oxygen atoms in total. The number of amidine groups is 1. The number of nitrogens with zero attached hydrogens (tertiary/aromatic N) is 1. The summed E-state index contributed by atoms with van der Waals surface area (Å²) in [6.07, 6.45) is 0. The van der Waals surface area contributed by atoms with Crippen molar-refractivity contribution in [1.82, 2.24) is 10.2 Å². The van der Waals surface area contributed by atoms with Crippen molar-refractivity contribution in [3.05, 3.63) is 0 Å². The average Bonchev–Trinajstić information content (AvgIpc) is 2.00. The maximum atomic E-state index is 7.64. The number of rotatable bonds is 3. The highest BCUT2D eigenvalue weighted by atomic mass is 79.9. The molecule has 0 saturated carbocycles. The summed E-state index contributed by atoms with van der Waals surface area (Å²) >= 11 is 3.39. The first-order valence-corrected chi connectivity index (χ1v) is 4.54. The second-order valence-electron chi connectivity index (χ2n) is 2.78. The zero-order valence-corrected chi connectivity index (χ0v) is 9.07. The van der Waals surface area contributed by atoms with Crippen LogP contribution >= 0.6 is 15.9 Å². The van der Waals surface area contributed by atoms with Crippen molar-refractivity contribution in [3.63, 3.8) is 0 Å². The van der Waals surface area contributed by atoms with Gasteiger partial charge in [-0.2, -0.15) is 0 Å². The fraction of sp³-hybridized carbons (Fsp3) is 0.857. The minimum atomic E-state index is 0.0531. The maximum absolute atomic E-state index is 7.64. The molecule has 66 valence electrons. The smallest absolute Gasteiger partial charge is 0.137 e. The highest BCUT2D eigenvalue weighted by Crippen LogP contribution is 2.06. The van der Waals surface area contributed by atoms with Gasteiger partial charge in [0.1, 0.15) is 5.08 Å². The quantitative estimate of drug-likeness (QED) is 0.249. The van der Waals surface area contributed by atoms with Crippen LogP contribution in [0, 0.1) is 11.3 Å². The molecule has 11 heavy (non-hydrogen) atoms. The summed E-state index contributed by atoms with van der Waals surface area (Å²) < 4.78 is 0. The fourth-order valence-electron chi connectivity index (χ4n) is 0.723. The van der Waals surface area contributed by atoms with Gasteiger partial charge < -0.3 is 4.90 Å². The number of hydrogen-bond donors (Lipinski definition) is 2. The SMILES string of the molecule is CNC(Br)N(C)C(=N)C(C)C. The molecular weight excluding hydrogens is 206 g/mol. The lowest BCUT2D eigenvalue weighted by Gasteiger charge is -2.27. The molecule has 0 spiro atoms. The second kappa shape index (κ2) is 4.72. The molecule has 0 aromatic rings. The lowest BCUT2D eigenvalue weighted by molar-refractivity contribution is 0.416. The summed E-state index contributed by atoms with van der Waals surface area (Å²) in [6, 6.07) is 0. The monoisotopic (exact) mass is 221 g/mol. The van der Waals surface area contributed by atoms with Crippen LogP contribution in [-0.2, 0) is 0 Å². The summed E-state index contributed by atoms with van der Waals surface area (Å²) in [5, 5.41) is 10.7. The van der Waals surface area contributed by atoms with E-state index in [-0.39, 0.29) is 11.0 Å². The minimum Gasteiger partial charge on any atom is -0.338 e. The normalized spacial score (nSPS) is 13.3.